The summed E-state index contributed by atoms with van der Waals surface area (Å²) in [4.78, 5) is 38.7. The van der Waals surface area contributed by atoms with E-state index in [1.165, 1.54) is 23.4 Å². The van der Waals surface area contributed by atoms with Crippen molar-refractivity contribution in [1.82, 2.24) is 9.13 Å². The van der Waals surface area contributed by atoms with Gasteiger partial charge in [0.15, 0.2) is 11.5 Å². The van der Waals surface area contributed by atoms with Crippen LogP contribution in [0.1, 0.15) is 20.3 Å². The highest BCUT2D eigenvalue weighted by molar-refractivity contribution is 5.92. The molecular formula is C23H27N3O5. The Morgan fingerprint density at radius 1 is 1.00 bits per heavy atom. The Kier molecular flexibility index (Phi) is 6.79. The molecule has 1 aromatic heterocycles. The standard InChI is InChI=1S/C23H27N3O5/c1-15(2)11-12-25-22(28)17-7-5-6-8-18(17)26(23(25)29)14-21(27)24-16-9-10-19(30-3)20(13-16)31-4/h5-10,13,15H,11-12,14H2,1-4H3,(H,24,27). The van der Waals surface area contributed by atoms with Gasteiger partial charge in [0.2, 0.25) is 5.91 Å². The van der Waals surface area contributed by atoms with Gasteiger partial charge in [-0.3, -0.25) is 18.7 Å². The van der Waals surface area contributed by atoms with E-state index in [-0.39, 0.29) is 12.1 Å². The normalized spacial score (nSPS) is 11.0. The zero-order valence-electron chi connectivity index (χ0n) is 18.2. The summed E-state index contributed by atoms with van der Waals surface area (Å²) in [6.45, 7) is 4.13. The number of ether oxygens (including phenoxy) is 2. The summed E-state index contributed by atoms with van der Waals surface area (Å²) >= 11 is 0. The van der Waals surface area contributed by atoms with Crippen molar-refractivity contribution in [2.75, 3.05) is 19.5 Å². The van der Waals surface area contributed by atoms with Gasteiger partial charge >= 0.3 is 5.69 Å². The largest absolute Gasteiger partial charge is 0.493 e. The van der Waals surface area contributed by atoms with Crippen molar-refractivity contribution in [2.45, 2.75) is 33.4 Å². The highest BCUT2D eigenvalue weighted by Crippen LogP contribution is 2.29. The first-order valence-electron chi connectivity index (χ1n) is 10.1. The minimum Gasteiger partial charge on any atom is -0.493 e. The van der Waals surface area contributed by atoms with Gasteiger partial charge in [0.05, 0.1) is 25.1 Å². The molecule has 1 N–H and O–H groups in total. The Bertz CT molecular complexity index is 1210. The lowest BCUT2D eigenvalue weighted by Gasteiger charge is -2.15. The number of anilines is 1. The van der Waals surface area contributed by atoms with Gasteiger partial charge in [0.25, 0.3) is 5.56 Å². The number of fused-ring (bicyclic) bond motifs is 1. The maximum absolute atomic E-state index is 13.1. The first kappa shape index (κ1) is 22.1. The summed E-state index contributed by atoms with van der Waals surface area (Å²) in [7, 11) is 3.04. The Morgan fingerprint density at radius 3 is 2.39 bits per heavy atom. The van der Waals surface area contributed by atoms with Crippen LogP contribution in [0.2, 0.25) is 0 Å². The molecule has 0 aliphatic carbocycles. The Balaban J connectivity index is 1.96. The number of nitrogens with one attached hydrogen (secondary N) is 1. The van der Waals surface area contributed by atoms with Crippen molar-refractivity contribution in [3.05, 3.63) is 63.3 Å². The van der Waals surface area contributed by atoms with Gasteiger partial charge in [-0.2, -0.15) is 0 Å². The molecule has 0 aliphatic heterocycles. The number of aromatic nitrogens is 2. The van der Waals surface area contributed by atoms with Gasteiger partial charge in [0, 0.05) is 18.3 Å². The van der Waals surface area contributed by atoms with Crippen LogP contribution in [0.5, 0.6) is 11.5 Å². The molecule has 3 aromatic rings. The second-order valence-corrected chi connectivity index (χ2v) is 7.64. The van der Waals surface area contributed by atoms with E-state index in [1.54, 1.807) is 42.5 Å². The van der Waals surface area contributed by atoms with Crippen LogP contribution in [-0.2, 0) is 17.9 Å². The third-order valence-corrected chi connectivity index (χ3v) is 5.03. The molecule has 0 radical (unpaired) electrons. The fraction of sp³-hybridized carbons (Fsp3) is 0.348. The summed E-state index contributed by atoms with van der Waals surface area (Å²) in [6, 6.07) is 11.8. The average molecular weight is 425 g/mol. The van der Waals surface area contributed by atoms with Crippen LogP contribution < -0.4 is 26.0 Å². The van der Waals surface area contributed by atoms with E-state index in [0.29, 0.717) is 47.0 Å². The Labute approximate surface area is 180 Å². The fourth-order valence-corrected chi connectivity index (χ4v) is 3.37. The maximum atomic E-state index is 13.1. The number of hydrogen-bond acceptors (Lipinski definition) is 5. The fourth-order valence-electron chi connectivity index (χ4n) is 3.37. The average Bonchev–Trinajstić information content (AvgIpc) is 2.76. The molecular weight excluding hydrogens is 398 g/mol. The molecule has 3 rings (SSSR count). The van der Waals surface area contributed by atoms with Gasteiger partial charge in [-0.15, -0.1) is 0 Å². The summed E-state index contributed by atoms with van der Waals surface area (Å²) in [5, 5.41) is 3.18. The Hall–Kier alpha value is -3.55. The van der Waals surface area contributed by atoms with E-state index < -0.39 is 11.6 Å². The quantitative estimate of drug-likeness (QED) is 0.599. The first-order chi connectivity index (χ1) is 14.8. The van der Waals surface area contributed by atoms with E-state index >= 15 is 0 Å². The maximum Gasteiger partial charge on any atom is 0.331 e. The van der Waals surface area contributed by atoms with Crippen molar-refractivity contribution in [3.8, 4) is 11.5 Å². The third-order valence-electron chi connectivity index (χ3n) is 5.03. The van der Waals surface area contributed by atoms with Gasteiger partial charge in [-0.1, -0.05) is 26.0 Å². The number of hydrogen-bond donors (Lipinski definition) is 1. The summed E-state index contributed by atoms with van der Waals surface area (Å²) in [6.07, 6.45) is 0.686. The van der Waals surface area contributed by atoms with Crippen LogP contribution in [-0.4, -0.2) is 29.3 Å². The Morgan fingerprint density at radius 2 is 1.71 bits per heavy atom. The zero-order valence-corrected chi connectivity index (χ0v) is 18.2. The molecule has 0 saturated carbocycles. The van der Waals surface area contributed by atoms with Crippen LogP contribution >= 0.6 is 0 Å². The molecule has 8 nitrogen and oxygen atoms in total. The molecule has 0 atom stereocenters. The number of para-hydroxylation sites is 1. The summed E-state index contributed by atoms with van der Waals surface area (Å²) in [5.41, 5.74) is 0.110. The van der Waals surface area contributed by atoms with Gasteiger partial charge in [-0.25, -0.2) is 4.79 Å². The van der Waals surface area contributed by atoms with Crippen molar-refractivity contribution in [2.24, 2.45) is 5.92 Å². The molecule has 0 fully saturated rings. The van der Waals surface area contributed by atoms with Crippen molar-refractivity contribution in [1.29, 1.82) is 0 Å². The lowest BCUT2D eigenvalue weighted by atomic mass is 10.1. The molecule has 0 bridgehead atoms. The smallest absolute Gasteiger partial charge is 0.331 e. The first-order valence-corrected chi connectivity index (χ1v) is 10.1. The minimum absolute atomic E-state index is 0.227. The second kappa shape index (κ2) is 9.51. The number of methoxy groups -OCH3 is 2. The van der Waals surface area contributed by atoms with Crippen molar-refractivity contribution < 1.29 is 14.3 Å². The molecule has 0 unspecified atom stereocenters. The second-order valence-electron chi connectivity index (χ2n) is 7.64. The van der Waals surface area contributed by atoms with Crippen molar-refractivity contribution in [3.63, 3.8) is 0 Å². The van der Waals surface area contributed by atoms with Crippen LogP contribution in [0, 0.1) is 5.92 Å². The summed E-state index contributed by atoms with van der Waals surface area (Å²) < 4.78 is 13.0. The van der Waals surface area contributed by atoms with E-state index in [2.05, 4.69) is 5.32 Å². The zero-order chi connectivity index (χ0) is 22.5. The molecule has 0 saturated heterocycles. The van der Waals surface area contributed by atoms with Crippen LogP contribution in [0.25, 0.3) is 10.9 Å². The highest BCUT2D eigenvalue weighted by atomic mass is 16.5. The minimum atomic E-state index is -0.494. The van der Waals surface area contributed by atoms with Gasteiger partial charge in [0.1, 0.15) is 6.54 Å². The van der Waals surface area contributed by atoms with Crippen molar-refractivity contribution >= 4 is 22.5 Å². The molecule has 1 heterocycles. The molecule has 164 valence electrons. The van der Waals surface area contributed by atoms with E-state index in [9.17, 15) is 14.4 Å². The topological polar surface area (TPSA) is 91.6 Å². The van der Waals surface area contributed by atoms with E-state index in [4.69, 9.17) is 9.47 Å². The van der Waals surface area contributed by atoms with Gasteiger partial charge in [-0.05, 0) is 36.6 Å². The lowest BCUT2D eigenvalue weighted by molar-refractivity contribution is -0.116. The molecule has 0 aliphatic rings. The number of nitrogens with zero attached hydrogens (tertiary/aromatic N) is 2. The van der Waals surface area contributed by atoms with Crippen LogP contribution in [0.4, 0.5) is 5.69 Å². The molecule has 31 heavy (non-hydrogen) atoms. The summed E-state index contributed by atoms with van der Waals surface area (Å²) in [5.74, 6) is 0.957. The van der Waals surface area contributed by atoms with Crippen LogP contribution in [0.15, 0.2) is 52.1 Å². The molecule has 0 spiro atoms. The van der Waals surface area contributed by atoms with E-state index in [1.807, 2.05) is 13.8 Å². The van der Waals surface area contributed by atoms with Gasteiger partial charge < -0.3 is 14.8 Å². The predicted octanol–water partition coefficient (Wildman–Crippen LogP) is 2.87. The third kappa shape index (κ3) is 4.79. The number of carbonyl (C=O) groups excluding carboxylic acids is 1. The SMILES string of the molecule is COc1ccc(NC(=O)Cn2c(=O)n(CCC(C)C)c(=O)c3ccccc32)cc1OC. The number of rotatable bonds is 8. The monoisotopic (exact) mass is 425 g/mol. The molecule has 1 amide bonds. The lowest BCUT2D eigenvalue weighted by Crippen LogP contribution is -2.42. The number of amides is 1. The highest BCUT2D eigenvalue weighted by Gasteiger charge is 2.16. The van der Waals surface area contributed by atoms with Crippen LogP contribution in [0.3, 0.4) is 0 Å². The molecule has 8 heteroatoms. The molecule has 2 aromatic carbocycles. The number of benzene rings is 2. The predicted molar refractivity (Wildman–Crippen MR) is 120 cm³/mol. The van der Waals surface area contributed by atoms with E-state index in [0.717, 1.165) is 0 Å². The number of carbonyl (C=O) groups is 1.